The Labute approximate surface area is 151 Å². The Morgan fingerprint density at radius 2 is 2.20 bits per heavy atom. The molecule has 2 aromatic rings. The van der Waals surface area contributed by atoms with Crippen molar-refractivity contribution in [3.8, 4) is 6.01 Å². The van der Waals surface area contributed by atoms with E-state index < -0.39 is 0 Å². The van der Waals surface area contributed by atoms with Gasteiger partial charge < -0.3 is 15.0 Å². The highest BCUT2D eigenvalue weighted by Gasteiger charge is 2.28. The molecule has 1 unspecified atom stereocenters. The van der Waals surface area contributed by atoms with Gasteiger partial charge in [0.1, 0.15) is 10.8 Å². The van der Waals surface area contributed by atoms with Gasteiger partial charge in [-0.25, -0.2) is 9.97 Å². The highest BCUT2D eigenvalue weighted by molar-refractivity contribution is 6.32. The zero-order chi connectivity index (χ0) is 17.8. The number of anilines is 2. The minimum Gasteiger partial charge on any atom is -0.467 e. The van der Waals surface area contributed by atoms with Gasteiger partial charge in [0, 0.05) is 19.3 Å². The molecular formula is C17H20ClN5O2. The van der Waals surface area contributed by atoms with Crippen LogP contribution in [-0.2, 0) is 4.79 Å². The summed E-state index contributed by atoms with van der Waals surface area (Å²) in [5.74, 6) is 0.959. The summed E-state index contributed by atoms with van der Waals surface area (Å²) >= 11 is 6.23. The second kappa shape index (κ2) is 7.65. The van der Waals surface area contributed by atoms with Crippen LogP contribution in [0.15, 0.2) is 24.5 Å². The Hall–Kier alpha value is -2.41. The lowest BCUT2D eigenvalue weighted by Crippen LogP contribution is -2.41. The second-order valence-corrected chi connectivity index (χ2v) is 6.43. The molecule has 7 nitrogen and oxygen atoms in total. The Bertz CT molecular complexity index is 753. The third-order valence-corrected chi connectivity index (χ3v) is 4.41. The van der Waals surface area contributed by atoms with Gasteiger partial charge in [-0.1, -0.05) is 17.7 Å². The third-order valence-electron chi connectivity index (χ3n) is 4.14. The van der Waals surface area contributed by atoms with Gasteiger partial charge in [0.05, 0.1) is 19.2 Å². The van der Waals surface area contributed by atoms with E-state index in [0.29, 0.717) is 23.2 Å². The molecule has 1 aliphatic heterocycles. The van der Waals surface area contributed by atoms with Crippen molar-refractivity contribution in [2.45, 2.75) is 19.8 Å². The smallest absolute Gasteiger partial charge is 0.318 e. The van der Waals surface area contributed by atoms with Gasteiger partial charge in [0.25, 0.3) is 0 Å². The number of methoxy groups -OCH3 is 1. The van der Waals surface area contributed by atoms with Crippen molar-refractivity contribution in [1.82, 2.24) is 15.0 Å². The van der Waals surface area contributed by atoms with E-state index in [9.17, 15) is 4.79 Å². The van der Waals surface area contributed by atoms with Crippen molar-refractivity contribution in [3.05, 3.63) is 35.1 Å². The van der Waals surface area contributed by atoms with Crippen molar-refractivity contribution < 1.29 is 9.53 Å². The Morgan fingerprint density at radius 3 is 2.92 bits per heavy atom. The van der Waals surface area contributed by atoms with Crippen molar-refractivity contribution in [2.75, 3.05) is 30.4 Å². The predicted molar refractivity (Wildman–Crippen MR) is 96.1 cm³/mol. The summed E-state index contributed by atoms with van der Waals surface area (Å²) in [5, 5.41) is 3.33. The molecule has 1 aliphatic rings. The number of rotatable bonds is 4. The SMILES string of the molecule is COc1ncc(Cl)c(N2CCCC(C(=O)Nc3ccc(C)cn3)C2)n1. The van der Waals surface area contributed by atoms with Crippen LogP contribution >= 0.6 is 11.6 Å². The lowest BCUT2D eigenvalue weighted by atomic mass is 9.97. The number of hydrogen-bond acceptors (Lipinski definition) is 6. The van der Waals surface area contributed by atoms with Gasteiger partial charge in [0.15, 0.2) is 5.82 Å². The molecule has 1 amide bonds. The average molecular weight is 362 g/mol. The van der Waals surface area contributed by atoms with Crippen molar-refractivity contribution >= 4 is 29.1 Å². The van der Waals surface area contributed by atoms with Crippen molar-refractivity contribution in [2.24, 2.45) is 5.92 Å². The first-order valence-corrected chi connectivity index (χ1v) is 8.49. The summed E-state index contributed by atoms with van der Waals surface area (Å²) in [6.07, 6.45) is 4.94. The number of carbonyl (C=O) groups is 1. The Balaban J connectivity index is 1.70. The number of ether oxygens (including phenoxy) is 1. The number of aromatic nitrogens is 3. The van der Waals surface area contributed by atoms with E-state index >= 15 is 0 Å². The molecule has 8 heteroatoms. The first-order valence-electron chi connectivity index (χ1n) is 8.12. The summed E-state index contributed by atoms with van der Waals surface area (Å²) in [4.78, 5) is 27.1. The number of carbonyl (C=O) groups excluding carboxylic acids is 1. The summed E-state index contributed by atoms with van der Waals surface area (Å²) in [6, 6.07) is 3.98. The summed E-state index contributed by atoms with van der Waals surface area (Å²) in [7, 11) is 1.51. The number of nitrogens with one attached hydrogen (secondary N) is 1. The van der Waals surface area contributed by atoms with Gasteiger partial charge >= 0.3 is 6.01 Å². The average Bonchev–Trinajstić information content (AvgIpc) is 2.64. The molecule has 3 heterocycles. The minimum atomic E-state index is -0.158. The minimum absolute atomic E-state index is 0.0433. The molecule has 0 saturated carbocycles. The number of amides is 1. The molecule has 0 aromatic carbocycles. The van der Waals surface area contributed by atoms with Crippen LogP contribution in [0.1, 0.15) is 18.4 Å². The van der Waals surface area contributed by atoms with Gasteiger partial charge in [-0.3, -0.25) is 4.79 Å². The van der Waals surface area contributed by atoms with Crippen LogP contribution in [-0.4, -0.2) is 41.1 Å². The highest BCUT2D eigenvalue weighted by Crippen LogP contribution is 2.29. The van der Waals surface area contributed by atoms with E-state index in [-0.39, 0.29) is 17.8 Å². The van der Waals surface area contributed by atoms with E-state index in [0.717, 1.165) is 24.9 Å². The van der Waals surface area contributed by atoms with Crippen LogP contribution in [0.25, 0.3) is 0 Å². The number of aryl methyl sites for hydroxylation is 1. The second-order valence-electron chi connectivity index (χ2n) is 6.02. The summed E-state index contributed by atoms with van der Waals surface area (Å²) < 4.78 is 5.07. The quantitative estimate of drug-likeness (QED) is 0.901. The molecule has 1 atom stereocenters. The molecule has 1 N–H and O–H groups in total. The molecule has 1 saturated heterocycles. The van der Waals surface area contributed by atoms with Gasteiger partial charge in [-0.05, 0) is 31.4 Å². The number of piperidine rings is 1. The normalized spacial score (nSPS) is 17.2. The number of pyridine rings is 1. The highest BCUT2D eigenvalue weighted by atomic mass is 35.5. The molecule has 25 heavy (non-hydrogen) atoms. The first kappa shape index (κ1) is 17.4. The van der Waals surface area contributed by atoms with E-state index in [1.54, 1.807) is 12.3 Å². The van der Waals surface area contributed by atoms with E-state index in [2.05, 4.69) is 20.3 Å². The molecule has 2 aromatic heterocycles. The number of hydrogen-bond donors (Lipinski definition) is 1. The first-order chi connectivity index (χ1) is 12.1. The van der Waals surface area contributed by atoms with Crippen LogP contribution in [0.3, 0.4) is 0 Å². The number of nitrogens with zero attached hydrogens (tertiary/aromatic N) is 4. The molecule has 0 aliphatic carbocycles. The van der Waals surface area contributed by atoms with Gasteiger partial charge in [0.2, 0.25) is 5.91 Å². The van der Waals surface area contributed by atoms with E-state index in [1.165, 1.54) is 13.3 Å². The molecule has 132 valence electrons. The molecule has 1 fully saturated rings. The van der Waals surface area contributed by atoms with Gasteiger partial charge in [-0.15, -0.1) is 0 Å². The zero-order valence-electron chi connectivity index (χ0n) is 14.2. The summed E-state index contributed by atoms with van der Waals surface area (Å²) in [5.41, 5.74) is 1.05. The zero-order valence-corrected chi connectivity index (χ0v) is 15.0. The fraction of sp³-hybridized carbons (Fsp3) is 0.412. The lowest BCUT2D eigenvalue weighted by Gasteiger charge is -2.33. The van der Waals surface area contributed by atoms with Gasteiger partial charge in [-0.2, -0.15) is 4.98 Å². The Morgan fingerprint density at radius 1 is 1.36 bits per heavy atom. The van der Waals surface area contributed by atoms with Crippen LogP contribution < -0.4 is 15.0 Å². The monoisotopic (exact) mass is 361 g/mol. The topological polar surface area (TPSA) is 80.2 Å². The van der Waals surface area contributed by atoms with E-state index in [4.69, 9.17) is 16.3 Å². The molecule has 3 rings (SSSR count). The van der Waals surface area contributed by atoms with Crippen LogP contribution in [0.2, 0.25) is 5.02 Å². The van der Waals surface area contributed by atoms with Crippen LogP contribution in [0.4, 0.5) is 11.6 Å². The third kappa shape index (κ3) is 4.17. The molecule has 0 spiro atoms. The molecule has 0 bridgehead atoms. The van der Waals surface area contributed by atoms with Crippen LogP contribution in [0.5, 0.6) is 6.01 Å². The summed E-state index contributed by atoms with van der Waals surface area (Å²) in [6.45, 7) is 3.28. The maximum Gasteiger partial charge on any atom is 0.318 e. The standard InChI is InChI=1S/C17H20ClN5O2/c1-11-5-6-14(19-8-11)21-16(24)12-4-3-7-23(10-12)15-13(18)9-20-17(22-15)25-2/h5-6,8-9,12H,3-4,7,10H2,1-2H3,(H,19,21,24). The Kier molecular flexibility index (Phi) is 5.33. The molecule has 0 radical (unpaired) electrons. The molecular weight excluding hydrogens is 342 g/mol. The predicted octanol–water partition coefficient (Wildman–Crippen LogP) is 2.70. The van der Waals surface area contributed by atoms with E-state index in [1.807, 2.05) is 17.9 Å². The maximum absolute atomic E-state index is 12.6. The largest absolute Gasteiger partial charge is 0.467 e. The lowest BCUT2D eigenvalue weighted by molar-refractivity contribution is -0.120. The number of halogens is 1. The fourth-order valence-corrected chi connectivity index (χ4v) is 3.03. The van der Waals surface area contributed by atoms with Crippen molar-refractivity contribution in [3.63, 3.8) is 0 Å². The fourth-order valence-electron chi connectivity index (χ4n) is 2.82. The van der Waals surface area contributed by atoms with Crippen LogP contribution in [0, 0.1) is 12.8 Å². The van der Waals surface area contributed by atoms with Crippen molar-refractivity contribution in [1.29, 1.82) is 0 Å². The maximum atomic E-state index is 12.6.